The molecule has 4 rings (SSSR count). The van der Waals surface area contributed by atoms with Crippen molar-refractivity contribution < 1.29 is 9.18 Å². The van der Waals surface area contributed by atoms with Gasteiger partial charge in [-0.3, -0.25) is 14.8 Å². The van der Waals surface area contributed by atoms with Crippen LogP contribution >= 0.6 is 11.3 Å². The summed E-state index contributed by atoms with van der Waals surface area (Å²) in [5, 5.41) is 6.74. The highest BCUT2D eigenvalue weighted by atomic mass is 32.1. The first-order valence-electron chi connectivity index (χ1n) is 9.19. The maximum atomic E-state index is 13.5. The van der Waals surface area contributed by atoms with Gasteiger partial charge in [-0.25, -0.2) is 14.4 Å². The first-order valence-corrected chi connectivity index (χ1v) is 10.0. The summed E-state index contributed by atoms with van der Waals surface area (Å²) in [5.74, 6) is -0.530. The largest absolute Gasteiger partial charge is 0.348 e. The fourth-order valence-corrected chi connectivity index (χ4v) is 3.70. The number of hydrogen-bond donors (Lipinski definition) is 2. The molecule has 0 aromatic carbocycles. The van der Waals surface area contributed by atoms with E-state index in [1.807, 2.05) is 26.0 Å². The molecule has 4 aromatic heterocycles. The minimum Gasteiger partial charge on any atom is -0.348 e. The maximum Gasteiger partial charge on any atom is 0.271 e. The lowest BCUT2D eigenvalue weighted by molar-refractivity contribution is 0.0948. The predicted molar refractivity (Wildman–Crippen MR) is 112 cm³/mol. The molecule has 10 heteroatoms. The van der Waals surface area contributed by atoms with E-state index >= 15 is 0 Å². The lowest BCUT2D eigenvalue weighted by atomic mass is 10.1. The second-order valence-electron chi connectivity index (χ2n) is 6.63. The monoisotopic (exact) mass is 423 g/mol. The molecule has 4 heterocycles. The number of fused-ring (bicyclic) bond motifs is 1. The number of hydrogen-bond acceptors (Lipinski definition) is 8. The zero-order valence-electron chi connectivity index (χ0n) is 16.3. The Morgan fingerprint density at radius 1 is 1.20 bits per heavy atom. The van der Waals surface area contributed by atoms with Crippen LogP contribution in [-0.4, -0.2) is 30.8 Å². The van der Waals surface area contributed by atoms with Crippen molar-refractivity contribution in [2.45, 2.75) is 26.4 Å². The molecule has 8 nitrogen and oxygen atoms in total. The molecule has 0 aliphatic heterocycles. The summed E-state index contributed by atoms with van der Waals surface area (Å²) in [7, 11) is 0. The van der Waals surface area contributed by atoms with Crippen LogP contribution in [0, 0.1) is 12.7 Å². The summed E-state index contributed by atoms with van der Waals surface area (Å²) in [5.41, 5.74) is 2.19. The zero-order chi connectivity index (χ0) is 21.1. The number of aryl methyl sites for hydroxylation is 1. The number of carbonyl (C=O) groups is 1. The first kappa shape index (κ1) is 19.8. The molecule has 30 heavy (non-hydrogen) atoms. The average Bonchev–Trinajstić information content (AvgIpc) is 3.12. The highest BCUT2D eigenvalue weighted by Gasteiger charge is 2.19. The third-order valence-corrected chi connectivity index (χ3v) is 5.29. The molecule has 2 N–H and O–H groups in total. The number of aromatic nitrogens is 5. The standard InChI is InChI=1S/C20H18FN7OS/c1-11(14-6-15(21)10-23-9-14)25-20-27-16(17-18(28-20)26-12(2)30-17)19(29)24-8-13-4-3-5-22-7-13/h3-7,9-11H,8H2,1-2H3,(H,24,29)(H,25,27,28)/t11-/m0/s1. The van der Waals surface area contributed by atoms with E-state index in [2.05, 4.69) is 35.6 Å². The number of nitrogens with one attached hydrogen (secondary N) is 2. The molecular weight excluding hydrogens is 405 g/mol. The molecule has 0 aliphatic rings. The smallest absolute Gasteiger partial charge is 0.271 e. The molecule has 0 aliphatic carbocycles. The third kappa shape index (κ3) is 4.38. The summed E-state index contributed by atoms with van der Waals surface area (Å²) in [6.45, 7) is 4.00. The number of pyridine rings is 2. The van der Waals surface area contributed by atoms with Crippen molar-refractivity contribution in [2.24, 2.45) is 0 Å². The molecule has 0 saturated heterocycles. The van der Waals surface area contributed by atoms with Gasteiger partial charge in [0, 0.05) is 25.1 Å². The molecule has 4 aromatic rings. The fraction of sp³-hybridized carbons (Fsp3) is 0.200. The minimum atomic E-state index is -0.428. The second kappa shape index (κ2) is 8.46. The summed E-state index contributed by atoms with van der Waals surface area (Å²) >= 11 is 1.36. The Morgan fingerprint density at radius 3 is 2.83 bits per heavy atom. The van der Waals surface area contributed by atoms with Gasteiger partial charge in [0.2, 0.25) is 5.95 Å². The second-order valence-corrected chi connectivity index (χ2v) is 7.83. The molecule has 0 bridgehead atoms. The minimum absolute atomic E-state index is 0.232. The molecule has 0 radical (unpaired) electrons. The van der Waals surface area contributed by atoms with Gasteiger partial charge in [0.1, 0.15) is 10.5 Å². The number of rotatable bonds is 6. The van der Waals surface area contributed by atoms with Gasteiger partial charge in [-0.05, 0) is 37.1 Å². The van der Waals surface area contributed by atoms with Crippen LogP contribution in [-0.2, 0) is 6.54 Å². The van der Waals surface area contributed by atoms with Gasteiger partial charge >= 0.3 is 0 Å². The van der Waals surface area contributed by atoms with Crippen molar-refractivity contribution >= 4 is 33.5 Å². The van der Waals surface area contributed by atoms with Gasteiger partial charge in [-0.2, -0.15) is 4.98 Å². The lowest BCUT2D eigenvalue weighted by Crippen LogP contribution is -2.24. The topological polar surface area (TPSA) is 106 Å². The van der Waals surface area contributed by atoms with Gasteiger partial charge < -0.3 is 10.6 Å². The van der Waals surface area contributed by atoms with Gasteiger partial charge in [-0.1, -0.05) is 6.07 Å². The number of nitrogens with zero attached hydrogens (tertiary/aromatic N) is 5. The van der Waals surface area contributed by atoms with Crippen molar-refractivity contribution in [1.82, 2.24) is 30.2 Å². The van der Waals surface area contributed by atoms with Gasteiger partial charge in [0.25, 0.3) is 5.91 Å². The highest BCUT2D eigenvalue weighted by molar-refractivity contribution is 7.18. The van der Waals surface area contributed by atoms with E-state index in [0.29, 0.717) is 22.5 Å². The lowest BCUT2D eigenvalue weighted by Gasteiger charge is -2.14. The van der Waals surface area contributed by atoms with Crippen LogP contribution in [0.25, 0.3) is 10.3 Å². The molecule has 0 unspecified atom stereocenters. The number of halogens is 1. The Kier molecular flexibility index (Phi) is 5.57. The van der Waals surface area contributed by atoms with E-state index in [4.69, 9.17) is 0 Å². The number of carbonyl (C=O) groups excluding carboxylic acids is 1. The van der Waals surface area contributed by atoms with Crippen molar-refractivity contribution in [1.29, 1.82) is 0 Å². The number of thiazole rings is 1. The van der Waals surface area contributed by atoms with Crippen LogP contribution < -0.4 is 10.6 Å². The van der Waals surface area contributed by atoms with Gasteiger partial charge in [-0.15, -0.1) is 11.3 Å². The van der Waals surface area contributed by atoms with Crippen molar-refractivity contribution in [3.8, 4) is 0 Å². The van der Waals surface area contributed by atoms with E-state index in [9.17, 15) is 9.18 Å². The molecule has 1 atom stereocenters. The normalized spacial score (nSPS) is 12.0. The van der Waals surface area contributed by atoms with Gasteiger partial charge in [0.15, 0.2) is 11.3 Å². The Balaban J connectivity index is 1.61. The molecule has 1 amide bonds. The molecule has 152 valence electrons. The quantitative estimate of drug-likeness (QED) is 0.489. The van der Waals surface area contributed by atoms with E-state index in [1.165, 1.54) is 17.4 Å². The molecule has 0 saturated carbocycles. The molecule has 0 fully saturated rings. The van der Waals surface area contributed by atoms with E-state index in [0.717, 1.165) is 16.8 Å². The van der Waals surface area contributed by atoms with E-state index in [-0.39, 0.29) is 23.6 Å². The van der Waals surface area contributed by atoms with Crippen LogP contribution in [0.1, 0.15) is 39.6 Å². The van der Waals surface area contributed by atoms with Gasteiger partial charge in [0.05, 0.1) is 17.2 Å². The van der Waals surface area contributed by atoms with Crippen LogP contribution in [0.15, 0.2) is 43.0 Å². The molecule has 0 spiro atoms. The van der Waals surface area contributed by atoms with Crippen LogP contribution in [0.3, 0.4) is 0 Å². The fourth-order valence-electron chi connectivity index (χ4n) is 2.86. The van der Waals surface area contributed by atoms with Crippen LogP contribution in [0.2, 0.25) is 0 Å². The van der Waals surface area contributed by atoms with Crippen molar-refractivity contribution in [3.05, 3.63) is 70.6 Å². The summed E-state index contributed by atoms with van der Waals surface area (Å²) in [4.78, 5) is 34.0. The van der Waals surface area contributed by atoms with E-state index in [1.54, 1.807) is 18.6 Å². The third-order valence-electron chi connectivity index (χ3n) is 4.32. The van der Waals surface area contributed by atoms with Crippen molar-refractivity contribution in [3.63, 3.8) is 0 Å². The summed E-state index contributed by atoms with van der Waals surface area (Å²) in [6.07, 6.45) is 6.07. The van der Waals surface area contributed by atoms with Crippen LogP contribution in [0.5, 0.6) is 0 Å². The van der Waals surface area contributed by atoms with Crippen molar-refractivity contribution in [2.75, 3.05) is 5.32 Å². The Hall–Kier alpha value is -3.53. The summed E-state index contributed by atoms with van der Waals surface area (Å²) < 4.78 is 14.1. The maximum absolute atomic E-state index is 13.5. The highest BCUT2D eigenvalue weighted by Crippen LogP contribution is 2.26. The first-order chi connectivity index (χ1) is 14.5. The SMILES string of the molecule is Cc1nc2nc(N[C@@H](C)c3cncc(F)c3)nc(C(=O)NCc3cccnc3)c2s1. The predicted octanol–water partition coefficient (Wildman–Crippen LogP) is 3.43. The Bertz CT molecular complexity index is 1200. The molecular formula is C20H18FN7OS. The Labute approximate surface area is 175 Å². The number of anilines is 1. The Morgan fingerprint density at radius 2 is 2.07 bits per heavy atom. The average molecular weight is 423 g/mol. The van der Waals surface area contributed by atoms with Crippen LogP contribution in [0.4, 0.5) is 10.3 Å². The zero-order valence-corrected chi connectivity index (χ0v) is 17.1. The van der Waals surface area contributed by atoms with E-state index < -0.39 is 5.82 Å². The summed E-state index contributed by atoms with van der Waals surface area (Å²) in [6, 6.07) is 4.75. The number of amides is 1.